The van der Waals surface area contributed by atoms with E-state index in [1.165, 1.54) is 4.90 Å². The standard InChI is InChI=1S/C19H24N2O6S/c22-18(11-21-16-5-1-2-6-17(16)27-12-19(21)23)20(10-15-4-3-8-26-15)14-7-9-28(24,25)13-14/h1-2,5-6,14-15H,3-4,7-13H2/t14-,15+/m1/s1. The van der Waals surface area contributed by atoms with Crippen LogP contribution in [0.5, 0.6) is 5.75 Å². The van der Waals surface area contributed by atoms with Gasteiger partial charge in [-0.25, -0.2) is 8.42 Å². The highest BCUT2D eigenvalue weighted by atomic mass is 32.2. The van der Waals surface area contributed by atoms with Gasteiger partial charge in [0.1, 0.15) is 12.3 Å². The van der Waals surface area contributed by atoms with Gasteiger partial charge in [0.05, 0.1) is 23.3 Å². The molecule has 9 heteroatoms. The largest absolute Gasteiger partial charge is 0.482 e. The highest BCUT2D eigenvalue weighted by Gasteiger charge is 2.38. The lowest BCUT2D eigenvalue weighted by molar-refractivity contribution is -0.135. The molecule has 0 bridgehead atoms. The molecule has 8 nitrogen and oxygen atoms in total. The average molecular weight is 408 g/mol. The SMILES string of the molecule is O=C1COc2ccccc2N1CC(=O)N(C[C@@H]1CCCO1)[C@@H]1CCS(=O)(=O)C1. The summed E-state index contributed by atoms with van der Waals surface area (Å²) >= 11 is 0. The van der Waals surface area contributed by atoms with Crippen molar-refractivity contribution >= 4 is 27.3 Å². The van der Waals surface area contributed by atoms with Crippen molar-refractivity contribution in [3.63, 3.8) is 0 Å². The summed E-state index contributed by atoms with van der Waals surface area (Å²) in [5.74, 6) is 0.0700. The Labute approximate surface area is 164 Å². The summed E-state index contributed by atoms with van der Waals surface area (Å²) in [5.41, 5.74) is 0.559. The number of hydrogen-bond acceptors (Lipinski definition) is 6. The van der Waals surface area contributed by atoms with Crippen LogP contribution in [-0.2, 0) is 24.2 Å². The van der Waals surface area contributed by atoms with Gasteiger partial charge in [-0.05, 0) is 31.4 Å². The summed E-state index contributed by atoms with van der Waals surface area (Å²) in [6.07, 6.45) is 2.13. The summed E-state index contributed by atoms with van der Waals surface area (Å²) in [6, 6.07) is 6.72. The molecule has 28 heavy (non-hydrogen) atoms. The smallest absolute Gasteiger partial charge is 0.265 e. The van der Waals surface area contributed by atoms with Crippen molar-refractivity contribution in [3.05, 3.63) is 24.3 Å². The molecular formula is C19H24N2O6S. The number of benzene rings is 1. The van der Waals surface area contributed by atoms with Crippen LogP contribution in [0.25, 0.3) is 0 Å². The van der Waals surface area contributed by atoms with Crippen LogP contribution in [-0.4, -0.2) is 75.1 Å². The van der Waals surface area contributed by atoms with Gasteiger partial charge in [0.15, 0.2) is 16.4 Å². The third kappa shape index (κ3) is 4.00. The maximum atomic E-state index is 13.2. The van der Waals surface area contributed by atoms with Gasteiger partial charge < -0.3 is 14.4 Å². The third-order valence-electron chi connectivity index (χ3n) is 5.50. The molecule has 2 fully saturated rings. The Morgan fingerprint density at radius 2 is 2.07 bits per heavy atom. The molecule has 0 saturated carbocycles. The molecule has 2 atom stereocenters. The average Bonchev–Trinajstić information content (AvgIpc) is 3.31. The molecule has 2 amide bonds. The number of nitrogens with zero attached hydrogens (tertiary/aromatic N) is 2. The molecule has 0 aromatic heterocycles. The van der Waals surface area contributed by atoms with Crippen LogP contribution in [0.1, 0.15) is 19.3 Å². The minimum atomic E-state index is -3.14. The van der Waals surface area contributed by atoms with Crippen LogP contribution in [0.3, 0.4) is 0 Å². The zero-order valence-corrected chi connectivity index (χ0v) is 16.4. The minimum absolute atomic E-state index is 0.0287. The van der Waals surface area contributed by atoms with Crippen molar-refractivity contribution in [3.8, 4) is 5.75 Å². The van der Waals surface area contributed by atoms with Crippen molar-refractivity contribution in [1.82, 2.24) is 4.90 Å². The first kappa shape index (κ1) is 19.2. The number of para-hydroxylation sites is 2. The quantitative estimate of drug-likeness (QED) is 0.709. The van der Waals surface area contributed by atoms with Gasteiger partial charge in [-0.2, -0.15) is 0 Å². The fourth-order valence-electron chi connectivity index (χ4n) is 4.04. The second-order valence-corrected chi connectivity index (χ2v) is 9.70. The molecule has 0 spiro atoms. The Balaban J connectivity index is 1.54. The van der Waals surface area contributed by atoms with E-state index >= 15 is 0 Å². The second kappa shape index (κ2) is 7.71. The number of carbonyl (C=O) groups excluding carboxylic acids is 2. The Kier molecular flexibility index (Phi) is 5.29. The number of anilines is 1. The molecule has 0 N–H and O–H groups in total. The number of ether oxygens (including phenoxy) is 2. The number of sulfone groups is 1. The van der Waals surface area contributed by atoms with E-state index in [4.69, 9.17) is 9.47 Å². The van der Waals surface area contributed by atoms with Crippen molar-refractivity contribution < 1.29 is 27.5 Å². The molecule has 152 valence electrons. The number of carbonyl (C=O) groups is 2. The van der Waals surface area contributed by atoms with Crippen LogP contribution < -0.4 is 9.64 Å². The molecule has 2 saturated heterocycles. The first-order valence-corrected chi connectivity index (χ1v) is 11.4. The van der Waals surface area contributed by atoms with E-state index in [0.29, 0.717) is 31.0 Å². The predicted octanol–water partition coefficient (Wildman–Crippen LogP) is 0.607. The van der Waals surface area contributed by atoms with Gasteiger partial charge in [-0.15, -0.1) is 0 Å². The zero-order valence-electron chi connectivity index (χ0n) is 15.6. The maximum Gasteiger partial charge on any atom is 0.265 e. The van der Waals surface area contributed by atoms with Crippen molar-refractivity contribution in [2.45, 2.75) is 31.4 Å². The summed E-state index contributed by atoms with van der Waals surface area (Å²) in [5, 5.41) is 0. The van der Waals surface area contributed by atoms with Gasteiger partial charge in [-0.3, -0.25) is 14.5 Å². The van der Waals surface area contributed by atoms with Gasteiger partial charge in [0.2, 0.25) is 5.91 Å². The molecule has 0 radical (unpaired) electrons. The van der Waals surface area contributed by atoms with E-state index in [2.05, 4.69) is 0 Å². The van der Waals surface area contributed by atoms with E-state index < -0.39 is 9.84 Å². The van der Waals surface area contributed by atoms with Crippen LogP contribution >= 0.6 is 0 Å². The Hall–Kier alpha value is -2.13. The topological polar surface area (TPSA) is 93.2 Å². The number of fused-ring (bicyclic) bond motifs is 1. The third-order valence-corrected chi connectivity index (χ3v) is 7.25. The molecule has 3 aliphatic heterocycles. The molecule has 0 unspecified atom stereocenters. The monoisotopic (exact) mass is 408 g/mol. The van der Waals surface area contributed by atoms with E-state index in [9.17, 15) is 18.0 Å². The van der Waals surface area contributed by atoms with E-state index in [1.54, 1.807) is 23.1 Å². The summed E-state index contributed by atoms with van der Waals surface area (Å²) < 4.78 is 35.0. The van der Waals surface area contributed by atoms with Gasteiger partial charge in [0.25, 0.3) is 5.91 Å². The maximum absolute atomic E-state index is 13.2. The molecule has 3 aliphatic rings. The molecule has 0 aliphatic carbocycles. The number of rotatable bonds is 5. The van der Waals surface area contributed by atoms with Crippen molar-refractivity contribution in [1.29, 1.82) is 0 Å². The van der Waals surface area contributed by atoms with Crippen molar-refractivity contribution in [2.75, 3.05) is 42.7 Å². The molecule has 4 rings (SSSR count). The number of amides is 2. The summed E-state index contributed by atoms with van der Waals surface area (Å²) in [7, 11) is -3.14. The Morgan fingerprint density at radius 1 is 1.25 bits per heavy atom. The van der Waals surface area contributed by atoms with E-state index in [1.807, 2.05) is 6.07 Å². The van der Waals surface area contributed by atoms with Crippen LogP contribution in [0.2, 0.25) is 0 Å². The minimum Gasteiger partial charge on any atom is -0.482 e. The fourth-order valence-corrected chi connectivity index (χ4v) is 5.77. The summed E-state index contributed by atoms with van der Waals surface area (Å²) in [4.78, 5) is 28.6. The summed E-state index contributed by atoms with van der Waals surface area (Å²) in [6.45, 7) is 0.764. The fraction of sp³-hybridized carbons (Fsp3) is 0.579. The van der Waals surface area contributed by atoms with E-state index in [-0.39, 0.29) is 48.6 Å². The van der Waals surface area contributed by atoms with Crippen LogP contribution in [0.4, 0.5) is 5.69 Å². The number of hydrogen-bond donors (Lipinski definition) is 0. The first-order chi connectivity index (χ1) is 13.4. The molecule has 1 aromatic rings. The van der Waals surface area contributed by atoms with Gasteiger partial charge in [0, 0.05) is 19.2 Å². The highest BCUT2D eigenvalue weighted by Crippen LogP contribution is 2.31. The van der Waals surface area contributed by atoms with Crippen LogP contribution in [0.15, 0.2) is 24.3 Å². The normalized spacial score (nSPS) is 26.0. The van der Waals surface area contributed by atoms with Gasteiger partial charge in [-0.1, -0.05) is 12.1 Å². The Bertz CT molecular complexity index is 865. The lowest BCUT2D eigenvalue weighted by Crippen LogP contribution is -2.51. The van der Waals surface area contributed by atoms with Crippen molar-refractivity contribution in [2.24, 2.45) is 0 Å². The molecular weight excluding hydrogens is 384 g/mol. The van der Waals surface area contributed by atoms with Gasteiger partial charge >= 0.3 is 0 Å². The molecule has 1 aromatic carbocycles. The second-order valence-electron chi connectivity index (χ2n) is 7.47. The van der Waals surface area contributed by atoms with E-state index in [0.717, 1.165) is 12.8 Å². The predicted molar refractivity (Wildman–Crippen MR) is 102 cm³/mol. The van der Waals surface area contributed by atoms with Crippen LogP contribution in [0, 0.1) is 0 Å². The lowest BCUT2D eigenvalue weighted by atomic mass is 10.1. The zero-order chi connectivity index (χ0) is 19.7. The highest BCUT2D eigenvalue weighted by molar-refractivity contribution is 7.91. The Morgan fingerprint density at radius 3 is 2.79 bits per heavy atom. The first-order valence-electron chi connectivity index (χ1n) is 9.57. The molecule has 3 heterocycles. The lowest BCUT2D eigenvalue weighted by Gasteiger charge is -2.34.